The smallest absolute Gasteiger partial charge is 0.260 e. The van der Waals surface area contributed by atoms with Crippen LogP contribution in [0, 0.1) is 0 Å². The first-order chi connectivity index (χ1) is 9.13. The van der Waals surface area contributed by atoms with Crippen molar-refractivity contribution >= 4 is 23.3 Å². The maximum atomic E-state index is 12.0. The number of anilines is 1. The van der Waals surface area contributed by atoms with Crippen LogP contribution < -0.4 is 10.1 Å². The van der Waals surface area contributed by atoms with E-state index in [1.165, 1.54) is 25.6 Å². The van der Waals surface area contributed by atoms with Crippen LogP contribution in [0.3, 0.4) is 0 Å². The molecule has 0 aliphatic heterocycles. The third-order valence-corrected chi connectivity index (χ3v) is 2.63. The van der Waals surface area contributed by atoms with E-state index in [-0.39, 0.29) is 28.0 Å². The first-order valence-corrected chi connectivity index (χ1v) is 5.65. The van der Waals surface area contributed by atoms with E-state index in [1.54, 1.807) is 12.1 Å². The summed E-state index contributed by atoms with van der Waals surface area (Å²) < 4.78 is 4.93. The number of aromatic nitrogens is 2. The van der Waals surface area contributed by atoms with Crippen LogP contribution in [-0.4, -0.2) is 28.1 Å². The zero-order valence-corrected chi connectivity index (χ0v) is 10.7. The number of halogens is 1. The van der Waals surface area contributed by atoms with Gasteiger partial charge in [-0.15, -0.1) is 0 Å². The molecule has 0 fully saturated rings. The lowest BCUT2D eigenvalue weighted by Gasteiger charge is -2.09. The largest absolute Gasteiger partial charge is 0.504 e. The number of hydrogen-bond donors (Lipinski definition) is 2. The van der Waals surface area contributed by atoms with Crippen LogP contribution in [0.1, 0.15) is 10.4 Å². The van der Waals surface area contributed by atoms with Crippen molar-refractivity contribution in [2.24, 2.45) is 0 Å². The second-order valence-corrected chi connectivity index (χ2v) is 3.86. The predicted octanol–water partition coefficient (Wildman–Crippen LogP) is 2.10. The molecule has 2 N–H and O–H groups in total. The molecule has 2 aromatic rings. The van der Waals surface area contributed by atoms with Crippen LogP contribution >= 0.6 is 11.6 Å². The molecule has 0 aliphatic carbocycles. The molecule has 0 saturated carbocycles. The number of nitrogens with zero attached hydrogens (tertiary/aromatic N) is 2. The molecule has 7 heteroatoms. The zero-order chi connectivity index (χ0) is 13.8. The Morgan fingerprint density at radius 1 is 1.37 bits per heavy atom. The van der Waals surface area contributed by atoms with E-state index in [1.807, 2.05) is 0 Å². The Hall–Kier alpha value is -2.34. The second kappa shape index (κ2) is 5.53. The molecular weight excluding hydrogens is 270 g/mol. The summed E-state index contributed by atoms with van der Waals surface area (Å²) in [7, 11) is 1.40. The van der Waals surface area contributed by atoms with Crippen molar-refractivity contribution in [2.45, 2.75) is 0 Å². The molecule has 0 unspecified atom stereocenters. The van der Waals surface area contributed by atoms with E-state index in [9.17, 15) is 9.90 Å². The first-order valence-electron chi connectivity index (χ1n) is 5.27. The zero-order valence-electron chi connectivity index (χ0n) is 9.92. The third-order valence-electron chi connectivity index (χ3n) is 2.35. The number of carbonyl (C=O) groups is 1. The van der Waals surface area contributed by atoms with Gasteiger partial charge in [0.25, 0.3) is 5.91 Å². The van der Waals surface area contributed by atoms with Crippen molar-refractivity contribution in [1.82, 2.24) is 9.97 Å². The van der Waals surface area contributed by atoms with Crippen LogP contribution in [0.25, 0.3) is 0 Å². The van der Waals surface area contributed by atoms with Gasteiger partial charge in [-0.3, -0.25) is 4.79 Å². The number of hydrogen-bond acceptors (Lipinski definition) is 5. The Kier molecular flexibility index (Phi) is 3.82. The molecule has 0 aliphatic rings. The SMILES string of the molecule is COc1cccc(C(=O)Nc2nccnc2Cl)c1O. The highest BCUT2D eigenvalue weighted by atomic mass is 35.5. The van der Waals surface area contributed by atoms with Gasteiger partial charge in [0.05, 0.1) is 12.7 Å². The summed E-state index contributed by atoms with van der Waals surface area (Å²) in [5, 5.41) is 12.4. The molecule has 1 amide bonds. The Bertz CT molecular complexity index is 619. The van der Waals surface area contributed by atoms with Crippen molar-refractivity contribution in [3.8, 4) is 11.5 Å². The normalized spacial score (nSPS) is 10.0. The fourth-order valence-corrected chi connectivity index (χ4v) is 1.60. The van der Waals surface area contributed by atoms with Gasteiger partial charge in [-0.25, -0.2) is 9.97 Å². The Morgan fingerprint density at radius 3 is 2.79 bits per heavy atom. The number of nitrogens with one attached hydrogen (secondary N) is 1. The molecule has 0 spiro atoms. The summed E-state index contributed by atoms with van der Waals surface area (Å²) in [4.78, 5) is 19.7. The molecule has 0 atom stereocenters. The molecule has 19 heavy (non-hydrogen) atoms. The quantitative estimate of drug-likeness (QED) is 0.899. The van der Waals surface area contributed by atoms with Gasteiger partial charge < -0.3 is 15.2 Å². The maximum absolute atomic E-state index is 12.0. The second-order valence-electron chi connectivity index (χ2n) is 3.51. The van der Waals surface area contributed by atoms with E-state index < -0.39 is 5.91 Å². The number of ether oxygens (including phenoxy) is 1. The highest BCUT2D eigenvalue weighted by Crippen LogP contribution is 2.30. The standard InChI is InChI=1S/C12H10ClN3O3/c1-19-8-4-2-3-7(9(8)17)12(18)16-11-10(13)14-5-6-15-11/h2-6,17H,1H3,(H,15,16,18). The highest BCUT2D eigenvalue weighted by Gasteiger charge is 2.16. The molecule has 6 nitrogen and oxygen atoms in total. The summed E-state index contributed by atoms with van der Waals surface area (Å²) in [6.45, 7) is 0. The maximum Gasteiger partial charge on any atom is 0.260 e. The summed E-state index contributed by atoms with van der Waals surface area (Å²) in [6, 6.07) is 4.59. The van der Waals surface area contributed by atoms with Gasteiger partial charge in [-0.1, -0.05) is 17.7 Å². The average Bonchev–Trinajstić information content (AvgIpc) is 2.41. The minimum absolute atomic E-state index is 0.0565. The number of methoxy groups -OCH3 is 1. The van der Waals surface area contributed by atoms with E-state index >= 15 is 0 Å². The minimum atomic E-state index is -0.557. The summed E-state index contributed by atoms with van der Waals surface area (Å²) in [6.07, 6.45) is 2.80. The molecule has 1 aromatic carbocycles. The molecule has 2 rings (SSSR count). The van der Waals surface area contributed by atoms with Gasteiger partial charge in [0.1, 0.15) is 0 Å². The third kappa shape index (κ3) is 2.74. The number of benzene rings is 1. The number of para-hydroxylation sites is 1. The molecule has 0 radical (unpaired) electrons. The monoisotopic (exact) mass is 279 g/mol. The summed E-state index contributed by atoms with van der Waals surface area (Å²) >= 11 is 5.78. The molecule has 1 heterocycles. The summed E-state index contributed by atoms with van der Waals surface area (Å²) in [5.74, 6) is -0.476. The lowest BCUT2D eigenvalue weighted by molar-refractivity contribution is 0.102. The number of rotatable bonds is 3. The van der Waals surface area contributed by atoms with E-state index in [0.29, 0.717) is 0 Å². The topological polar surface area (TPSA) is 84.3 Å². The van der Waals surface area contributed by atoms with Crippen LogP contribution in [0.5, 0.6) is 11.5 Å². The van der Waals surface area contributed by atoms with Crippen molar-refractivity contribution < 1.29 is 14.6 Å². The van der Waals surface area contributed by atoms with Crippen LogP contribution in [-0.2, 0) is 0 Å². The van der Waals surface area contributed by atoms with Crippen molar-refractivity contribution in [3.05, 3.63) is 41.3 Å². The fourth-order valence-electron chi connectivity index (χ4n) is 1.45. The van der Waals surface area contributed by atoms with Gasteiger partial charge >= 0.3 is 0 Å². The predicted molar refractivity (Wildman–Crippen MR) is 69.7 cm³/mol. The fraction of sp³-hybridized carbons (Fsp3) is 0.0833. The average molecular weight is 280 g/mol. The van der Waals surface area contributed by atoms with Gasteiger partial charge in [0.15, 0.2) is 22.5 Å². The Morgan fingerprint density at radius 2 is 2.11 bits per heavy atom. The number of amides is 1. The Labute approximate surface area is 114 Å². The lowest BCUT2D eigenvalue weighted by atomic mass is 10.1. The van der Waals surface area contributed by atoms with Gasteiger partial charge in [0, 0.05) is 12.4 Å². The van der Waals surface area contributed by atoms with E-state index in [0.717, 1.165) is 0 Å². The van der Waals surface area contributed by atoms with Crippen LogP contribution in [0.15, 0.2) is 30.6 Å². The van der Waals surface area contributed by atoms with Crippen molar-refractivity contribution in [1.29, 1.82) is 0 Å². The van der Waals surface area contributed by atoms with Gasteiger partial charge in [-0.05, 0) is 12.1 Å². The minimum Gasteiger partial charge on any atom is -0.504 e. The molecule has 0 bridgehead atoms. The number of aromatic hydroxyl groups is 1. The number of carbonyl (C=O) groups excluding carboxylic acids is 1. The lowest BCUT2D eigenvalue weighted by Crippen LogP contribution is -2.14. The van der Waals surface area contributed by atoms with Gasteiger partial charge in [0.2, 0.25) is 0 Å². The molecular formula is C12H10ClN3O3. The van der Waals surface area contributed by atoms with Crippen molar-refractivity contribution in [3.63, 3.8) is 0 Å². The van der Waals surface area contributed by atoms with Gasteiger partial charge in [-0.2, -0.15) is 0 Å². The van der Waals surface area contributed by atoms with Crippen LogP contribution in [0.2, 0.25) is 5.15 Å². The highest BCUT2D eigenvalue weighted by molar-refractivity contribution is 6.32. The number of phenols is 1. The molecule has 0 saturated heterocycles. The van der Waals surface area contributed by atoms with E-state index in [2.05, 4.69) is 15.3 Å². The van der Waals surface area contributed by atoms with Crippen LogP contribution in [0.4, 0.5) is 5.82 Å². The summed E-state index contributed by atoms with van der Waals surface area (Å²) in [5.41, 5.74) is 0.0565. The Balaban J connectivity index is 2.28. The molecule has 98 valence electrons. The van der Waals surface area contributed by atoms with E-state index in [4.69, 9.17) is 16.3 Å². The molecule has 1 aromatic heterocycles. The number of phenolic OH excluding ortho intramolecular Hbond substituents is 1. The first kappa shape index (κ1) is 13.1. The van der Waals surface area contributed by atoms with Crippen molar-refractivity contribution in [2.75, 3.05) is 12.4 Å².